The predicted octanol–water partition coefficient (Wildman–Crippen LogP) is 1.86. The van der Waals surface area contributed by atoms with Gasteiger partial charge in [0, 0.05) is 50.7 Å². The number of imidazole rings is 1. The summed E-state index contributed by atoms with van der Waals surface area (Å²) in [5.41, 5.74) is 0. The van der Waals surface area contributed by atoms with Crippen LogP contribution in [-0.2, 0) is 17.9 Å². The Hall–Kier alpha value is -1.40. The lowest BCUT2D eigenvalue weighted by Gasteiger charge is -2.42. The summed E-state index contributed by atoms with van der Waals surface area (Å²) in [6.45, 7) is 11.2. The van der Waals surface area contributed by atoms with Gasteiger partial charge in [-0.25, -0.2) is 4.98 Å². The van der Waals surface area contributed by atoms with E-state index in [-0.39, 0.29) is 11.9 Å². The van der Waals surface area contributed by atoms with E-state index in [4.69, 9.17) is 0 Å². The molecule has 1 aromatic heterocycles. The van der Waals surface area contributed by atoms with Crippen molar-refractivity contribution in [2.24, 2.45) is 0 Å². The second kappa shape index (κ2) is 8.32. The van der Waals surface area contributed by atoms with Crippen LogP contribution in [0, 0.1) is 0 Å². The molecule has 1 N–H and O–H groups in total. The molecule has 3 rings (SSSR count). The molecule has 1 aliphatic heterocycles. The Balaban J connectivity index is 1.51. The molecule has 140 valence electrons. The molecule has 2 aliphatic rings. The van der Waals surface area contributed by atoms with Gasteiger partial charge in [-0.2, -0.15) is 0 Å². The molecule has 25 heavy (non-hydrogen) atoms. The third kappa shape index (κ3) is 4.42. The molecule has 1 saturated carbocycles. The molecular weight excluding hydrogens is 314 g/mol. The molecule has 1 aliphatic carbocycles. The highest BCUT2D eigenvalue weighted by Gasteiger charge is 2.31. The zero-order valence-corrected chi connectivity index (χ0v) is 15.9. The normalized spacial score (nSPS) is 24.5. The maximum absolute atomic E-state index is 12.5. The van der Waals surface area contributed by atoms with Gasteiger partial charge in [0.05, 0.1) is 12.6 Å². The lowest BCUT2D eigenvalue weighted by Crippen LogP contribution is -2.57. The van der Waals surface area contributed by atoms with E-state index in [9.17, 15) is 4.79 Å². The first-order valence-electron chi connectivity index (χ1n) is 9.87. The minimum atomic E-state index is -0.0390. The van der Waals surface area contributed by atoms with Gasteiger partial charge in [0.2, 0.25) is 5.91 Å². The number of hydrogen-bond donors (Lipinski definition) is 1. The fraction of sp³-hybridized carbons (Fsp3) is 0.789. The Morgan fingerprint density at radius 1 is 1.36 bits per heavy atom. The van der Waals surface area contributed by atoms with Crippen molar-refractivity contribution >= 4 is 5.91 Å². The van der Waals surface area contributed by atoms with Crippen LogP contribution in [0.25, 0.3) is 0 Å². The van der Waals surface area contributed by atoms with Crippen molar-refractivity contribution < 1.29 is 4.79 Å². The second-order valence-electron chi connectivity index (χ2n) is 7.61. The molecule has 2 atom stereocenters. The first-order valence-corrected chi connectivity index (χ1v) is 9.87. The van der Waals surface area contributed by atoms with Crippen LogP contribution >= 0.6 is 0 Å². The number of carbonyl (C=O) groups is 1. The van der Waals surface area contributed by atoms with E-state index in [0.717, 1.165) is 51.4 Å². The maximum atomic E-state index is 12.5. The van der Waals surface area contributed by atoms with E-state index in [2.05, 4.69) is 45.4 Å². The highest BCUT2D eigenvalue weighted by Crippen LogP contribution is 2.19. The zero-order valence-electron chi connectivity index (χ0n) is 15.9. The van der Waals surface area contributed by atoms with E-state index in [0.29, 0.717) is 12.1 Å². The lowest BCUT2D eigenvalue weighted by molar-refractivity contribution is -0.127. The van der Waals surface area contributed by atoms with Gasteiger partial charge in [0.15, 0.2) is 0 Å². The van der Waals surface area contributed by atoms with Gasteiger partial charge in [-0.05, 0) is 33.6 Å². The highest BCUT2D eigenvalue weighted by molar-refractivity contribution is 5.81. The minimum absolute atomic E-state index is 0.0390. The fourth-order valence-electron chi connectivity index (χ4n) is 4.13. The smallest absolute Gasteiger partial charge is 0.237 e. The number of nitrogens with one attached hydrogen (secondary N) is 1. The van der Waals surface area contributed by atoms with Crippen molar-refractivity contribution in [3.8, 4) is 0 Å². The Kier molecular flexibility index (Phi) is 6.12. The highest BCUT2D eigenvalue weighted by atomic mass is 16.2. The molecule has 0 aromatic carbocycles. The largest absolute Gasteiger partial charge is 0.352 e. The first-order chi connectivity index (χ1) is 12.1. The zero-order chi connectivity index (χ0) is 17.8. The van der Waals surface area contributed by atoms with Crippen molar-refractivity contribution in [2.75, 3.05) is 19.6 Å². The fourth-order valence-corrected chi connectivity index (χ4v) is 4.13. The molecule has 0 radical (unpaired) electrons. The summed E-state index contributed by atoms with van der Waals surface area (Å²) >= 11 is 0. The van der Waals surface area contributed by atoms with Gasteiger partial charge in [0.25, 0.3) is 0 Å². The number of carbonyl (C=O) groups excluding carboxylic acids is 1. The van der Waals surface area contributed by atoms with Gasteiger partial charge in [0.1, 0.15) is 5.82 Å². The Bertz CT molecular complexity index is 566. The summed E-state index contributed by atoms with van der Waals surface area (Å²) in [5.74, 6) is 1.34. The van der Waals surface area contributed by atoms with Crippen molar-refractivity contribution in [1.82, 2.24) is 24.7 Å². The molecule has 0 spiro atoms. The van der Waals surface area contributed by atoms with E-state index >= 15 is 0 Å². The van der Waals surface area contributed by atoms with Gasteiger partial charge in [-0.3, -0.25) is 14.6 Å². The summed E-state index contributed by atoms with van der Waals surface area (Å²) in [6.07, 6.45) is 8.73. The molecular formula is C19H33N5O. The molecule has 2 unspecified atom stereocenters. The van der Waals surface area contributed by atoms with Crippen LogP contribution in [0.15, 0.2) is 12.4 Å². The van der Waals surface area contributed by atoms with Crippen LogP contribution in [0.1, 0.15) is 52.3 Å². The summed E-state index contributed by atoms with van der Waals surface area (Å²) < 4.78 is 2.21. The van der Waals surface area contributed by atoms with Crippen LogP contribution in [0.2, 0.25) is 0 Å². The monoisotopic (exact) mass is 347 g/mol. The van der Waals surface area contributed by atoms with Gasteiger partial charge >= 0.3 is 0 Å². The van der Waals surface area contributed by atoms with Gasteiger partial charge < -0.3 is 9.88 Å². The summed E-state index contributed by atoms with van der Waals surface area (Å²) in [7, 11) is 0. The van der Waals surface area contributed by atoms with E-state index in [1.807, 2.05) is 12.4 Å². The minimum Gasteiger partial charge on any atom is -0.352 e. The SMILES string of the molecule is CCn1ccnc1CN1CCN(C(C)C(=O)NC2CCCC2)CC1C. The van der Waals surface area contributed by atoms with Crippen molar-refractivity contribution in [1.29, 1.82) is 0 Å². The standard InChI is InChI=1S/C19H33N5O/c1-4-22-10-9-20-18(22)14-23-11-12-24(13-15(23)2)16(3)19(25)21-17-7-5-6-8-17/h9-10,15-17H,4-8,11-14H2,1-3H3,(H,21,25). The molecule has 0 bridgehead atoms. The maximum Gasteiger partial charge on any atom is 0.237 e. The summed E-state index contributed by atoms with van der Waals surface area (Å²) in [6, 6.07) is 0.793. The molecule has 1 aromatic rings. The van der Waals surface area contributed by atoms with E-state index in [1.165, 1.54) is 12.8 Å². The number of aryl methyl sites for hydroxylation is 1. The average molecular weight is 348 g/mol. The van der Waals surface area contributed by atoms with Crippen molar-refractivity contribution in [3.63, 3.8) is 0 Å². The van der Waals surface area contributed by atoms with Gasteiger partial charge in [-0.1, -0.05) is 12.8 Å². The summed E-state index contributed by atoms with van der Waals surface area (Å²) in [4.78, 5) is 21.9. The predicted molar refractivity (Wildman–Crippen MR) is 99.2 cm³/mol. The molecule has 6 heteroatoms. The van der Waals surface area contributed by atoms with Crippen molar-refractivity contribution in [3.05, 3.63) is 18.2 Å². The lowest BCUT2D eigenvalue weighted by atomic mass is 10.1. The van der Waals surface area contributed by atoms with Crippen LogP contribution in [0.4, 0.5) is 0 Å². The van der Waals surface area contributed by atoms with Crippen LogP contribution in [-0.4, -0.2) is 63.0 Å². The second-order valence-corrected chi connectivity index (χ2v) is 7.61. The number of amides is 1. The average Bonchev–Trinajstić information content (AvgIpc) is 3.27. The Morgan fingerprint density at radius 3 is 2.80 bits per heavy atom. The number of nitrogens with zero attached hydrogens (tertiary/aromatic N) is 4. The van der Waals surface area contributed by atoms with Crippen LogP contribution < -0.4 is 5.32 Å². The number of aromatic nitrogens is 2. The first kappa shape index (κ1) is 18.4. The molecule has 1 amide bonds. The molecule has 2 heterocycles. The Morgan fingerprint density at radius 2 is 2.12 bits per heavy atom. The number of piperazine rings is 1. The molecule has 2 fully saturated rings. The topological polar surface area (TPSA) is 53.4 Å². The van der Waals surface area contributed by atoms with Crippen LogP contribution in [0.5, 0.6) is 0 Å². The third-order valence-electron chi connectivity index (χ3n) is 5.91. The summed E-state index contributed by atoms with van der Waals surface area (Å²) in [5, 5.41) is 3.25. The van der Waals surface area contributed by atoms with Crippen molar-refractivity contribution in [2.45, 2.75) is 77.7 Å². The van der Waals surface area contributed by atoms with Gasteiger partial charge in [-0.15, -0.1) is 0 Å². The third-order valence-corrected chi connectivity index (χ3v) is 5.91. The quantitative estimate of drug-likeness (QED) is 0.853. The Labute approximate surface area is 151 Å². The van der Waals surface area contributed by atoms with E-state index < -0.39 is 0 Å². The molecule has 1 saturated heterocycles. The number of rotatable bonds is 6. The van der Waals surface area contributed by atoms with Crippen LogP contribution in [0.3, 0.4) is 0 Å². The number of hydrogen-bond acceptors (Lipinski definition) is 4. The molecule has 6 nitrogen and oxygen atoms in total. The van der Waals surface area contributed by atoms with E-state index in [1.54, 1.807) is 0 Å².